The van der Waals surface area contributed by atoms with Gasteiger partial charge in [0.25, 0.3) is 11.5 Å². The molecule has 2 fully saturated rings. The minimum absolute atomic E-state index is 0.0267. The number of fused-ring (bicyclic) bond motifs is 2. The highest BCUT2D eigenvalue weighted by Crippen LogP contribution is 2.21. The van der Waals surface area contributed by atoms with Gasteiger partial charge in [0.2, 0.25) is 0 Å². The van der Waals surface area contributed by atoms with Gasteiger partial charge < -0.3 is 19.7 Å². The number of hydrogen-bond acceptors (Lipinski definition) is 4. The number of nitrogens with one attached hydrogen (secondary N) is 1. The smallest absolute Gasteiger partial charge is 0.263 e. The fraction of sp³-hybridized carbons (Fsp3) is 0.667. The fourth-order valence-corrected chi connectivity index (χ4v) is 3.99. The molecule has 0 aliphatic carbocycles. The summed E-state index contributed by atoms with van der Waals surface area (Å²) < 4.78 is 1.69. The Kier molecular flexibility index (Phi) is 4.78. The Morgan fingerprint density at radius 1 is 1.33 bits per heavy atom. The largest absolute Gasteiger partial charge is 0.335 e. The number of piperazine rings is 1. The molecule has 3 atom stereocenters. The van der Waals surface area contributed by atoms with Crippen molar-refractivity contribution in [2.75, 3.05) is 33.7 Å². The zero-order chi connectivity index (χ0) is 17.4. The standard InChI is InChI=1S/C18H28N4O2/c1-12-7-8-22(13(2)9-20(3)4)18(24)16(12)17(23)21-10-14-5-6-15(11-21)19-14/h7-8,13-15,19H,5-6,9-11H2,1-4H3/t13?,14-,15+. The van der Waals surface area contributed by atoms with Crippen molar-refractivity contribution in [2.24, 2.45) is 0 Å². The van der Waals surface area contributed by atoms with E-state index in [1.807, 2.05) is 50.0 Å². The van der Waals surface area contributed by atoms with Gasteiger partial charge in [-0.15, -0.1) is 0 Å². The summed E-state index contributed by atoms with van der Waals surface area (Å²) in [6.07, 6.45) is 4.04. The van der Waals surface area contributed by atoms with Crippen molar-refractivity contribution in [3.63, 3.8) is 0 Å². The van der Waals surface area contributed by atoms with Crippen LogP contribution in [0.1, 0.15) is 41.7 Å². The van der Waals surface area contributed by atoms with Gasteiger partial charge in [0.1, 0.15) is 5.56 Å². The second kappa shape index (κ2) is 6.69. The van der Waals surface area contributed by atoms with Crippen LogP contribution >= 0.6 is 0 Å². The molecule has 1 amide bonds. The van der Waals surface area contributed by atoms with Gasteiger partial charge in [0.15, 0.2) is 0 Å². The minimum Gasteiger partial charge on any atom is -0.335 e. The Morgan fingerprint density at radius 3 is 2.54 bits per heavy atom. The molecule has 3 rings (SSSR count). The number of nitrogens with zero attached hydrogens (tertiary/aromatic N) is 3. The Balaban J connectivity index is 1.89. The first kappa shape index (κ1) is 17.2. The molecule has 1 aromatic heterocycles. The molecule has 0 saturated carbocycles. The third kappa shape index (κ3) is 3.26. The van der Waals surface area contributed by atoms with Crippen molar-refractivity contribution >= 4 is 5.91 Å². The molecule has 0 spiro atoms. The number of rotatable bonds is 4. The lowest BCUT2D eigenvalue weighted by molar-refractivity contribution is 0.0694. The van der Waals surface area contributed by atoms with E-state index in [1.54, 1.807) is 4.57 Å². The molecular formula is C18H28N4O2. The van der Waals surface area contributed by atoms with Crippen molar-refractivity contribution in [3.8, 4) is 0 Å². The molecule has 1 aromatic rings. The van der Waals surface area contributed by atoms with Crippen LogP contribution in [0.5, 0.6) is 0 Å². The summed E-state index contributed by atoms with van der Waals surface area (Å²) in [6.45, 7) is 6.03. The van der Waals surface area contributed by atoms with E-state index in [-0.39, 0.29) is 17.5 Å². The lowest BCUT2D eigenvalue weighted by Crippen LogP contribution is -2.54. The molecule has 2 bridgehead atoms. The maximum atomic E-state index is 13.0. The summed E-state index contributed by atoms with van der Waals surface area (Å²) in [6, 6.07) is 2.68. The molecule has 6 heteroatoms. The summed E-state index contributed by atoms with van der Waals surface area (Å²) in [5.41, 5.74) is 0.939. The first-order valence-corrected chi connectivity index (χ1v) is 8.78. The Morgan fingerprint density at radius 2 is 1.96 bits per heavy atom. The van der Waals surface area contributed by atoms with Crippen molar-refractivity contribution in [1.82, 2.24) is 19.7 Å². The third-order valence-corrected chi connectivity index (χ3v) is 5.15. The predicted octanol–water partition coefficient (Wildman–Crippen LogP) is 0.856. The summed E-state index contributed by atoms with van der Waals surface area (Å²) in [5, 5.41) is 3.52. The zero-order valence-corrected chi connectivity index (χ0v) is 15.1. The Labute approximate surface area is 143 Å². The SMILES string of the molecule is Cc1ccn(C(C)CN(C)C)c(=O)c1C(=O)N1C[C@H]2CC[C@@H](C1)N2. The number of carbonyl (C=O) groups is 1. The van der Waals surface area contributed by atoms with E-state index in [9.17, 15) is 9.59 Å². The lowest BCUT2D eigenvalue weighted by atomic mass is 10.1. The molecule has 6 nitrogen and oxygen atoms in total. The summed E-state index contributed by atoms with van der Waals surface area (Å²) in [7, 11) is 3.97. The summed E-state index contributed by atoms with van der Waals surface area (Å²) in [5.74, 6) is -0.109. The van der Waals surface area contributed by atoms with Gasteiger partial charge in [0.05, 0.1) is 0 Å². The maximum absolute atomic E-state index is 13.0. The number of pyridine rings is 1. The van der Waals surface area contributed by atoms with Gasteiger partial charge in [-0.25, -0.2) is 0 Å². The van der Waals surface area contributed by atoms with E-state index in [0.29, 0.717) is 30.7 Å². The normalized spacial score (nSPS) is 24.5. The van der Waals surface area contributed by atoms with Crippen LogP contribution in [0.15, 0.2) is 17.1 Å². The second-order valence-corrected chi connectivity index (χ2v) is 7.55. The van der Waals surface area contributed by atoms with Crippen LogP contribution in [-0.2, 0) is 0 Å². The van der Waals surface area contributed by atoms with E-state index in [1.165, 1.54) is 0 Å². The van der Waals surface area contributed by atoms with Crippen LogP contribution in [0.4, 0.5) is 0 Å². The van der Waals surface area contributed by atoms with Gasteiger partial charge in [-0.2, -0.15) is 0 Å². The average molecular weight is 332 g/mol. The highest BCUT2D eigenvalue weighted by Gasteiger charge is 2.35. The van der Waals surface area contributed by atoms with Gasteiger partial charge in [-0.3, -0.25) is 9.59 Å². The van der Waals surface area contributed by atoms with Crippen LogP contribution in [0, 0.1) is 6.92 Å². The van der Waals surface area contributed by atoms with E-state index in [4.69, 9.17) is 0 Å². The molecule has 132 valence electrons. The summed E-state index contributed by atoms with van der Waals surface area (Å²) in [4.78, 5) is 29.9. The number of aryl methyl sites for hydroxylation is 1. The third-order valence-electron chi connectivity index (χ3n) is 5.15. The molecule has 24 heavy (non-hydrogen) atoms. The Hall–Kier alpha value is -1.66. The number of likely N-dealkylation sites (N-methyl/N-ethyl adjacent to an activating group) is 1. The van der Waals surface area contributed by atoms with Crippen molar-refractivity contribution in [2.45, 2.75) is 44.8 Å². The van der Waals surface area contributed by atoms with Crippen LogP contribution in [-0.4, -0.2) is 66.1 Å². The molecule has 0 radical (unpaired) electrons. The van der Waals surface area contributed by atoms with Crippen molar-refractivity contribution in [3.05, 3.63) is 33.7 Å². The minimum atomic E-state index is -0.166. The van der Waals surface area contributed by atoms with Gasteiger partial charge in [-0.1, -0.05) is 0 Å². The van der Waals surface area contributed by atoms with Crippen LogP contribution < -0.4 is 10.9 Å². The van der Waals surface area contributed by atoms with Crippen molar-refractivity contribution in [1.29, 1.82) is 0 Å². The topological polar surface area (TPSA) is 57.6 Å². The molecular weight excluding hydrogens is 304 g/mol. The van der Waals surface area contributed by atoms with Gasteiger partial charge >= 0.3 is 0 Å². The summed E-state index contributed by atoms with van der Waals surface area (Å²) >= 11 is 0. The van der Waals surface area contributed by atoms with Crippen LogP contribution in [0.3, 0.4) is 0 Å². The lowest BCUT2D eigenvalue weighted by Gasteiger charge is -2.33. The van der Waals surface area contributed by atoms with Crippen LogP contribution in [0.2, 0.25) is 0 Å². The first-order chi connectivity index (χ1) is 11.4. The highest BCUT2D eigenvalue weighted by molar-refractivity contribution is 5.95. The number of amides is 1. The number of aromatic nitrogens is 1. The molecule has 2 aliphatic heterocycles. The van der Waals surface area contributed by atoms with E-state index in [2.05, 4.69) is 5.32 Å². The monoisotopic (exact) mass is 332 g/mol. The second-order valence-electron chi connectivity index (χ2n) is 7.55. The number of carbonyl (C=O) groups excluding carboxylic acids is 1. The molecule has 3 heterocycles. The van der Waals surface area contributed by atoms with E-state index in [0.717, 1.165) is 24.9 Å². The first-order valence-electron chi connectivity index (χ1n) is 8.78. The van der Waals surface area contributed by atoms with Gasteiger partial charge in [-0.05, 0) is 52.4 Å². The quantitative estimate of drug-likeness (QED) is 0.888. The highest BCUT2D eigenvalue weighted by atomic mass is 16.2. The molecule has 0 aromatic carbocycles. The van der Waals surface area contributed by atoms with E-state index < -0.39 is 0 Å². The fourth-order valence-electron chi connectivity index (χ4n) is 3.99. The number of hydrogen-bond donors (Lipinski definition) is 1. The molecule has 1 unspecified atom stereocenters. The Bertz CT molecular complexity index is 670. The van der Waals surface area contributed by atoms with Crippen LogP contribution in [0.25, 0.3) is 0 Å². The average Bonchev–Trinajstić information content (AvgIpc) is 2.84. The molecule has 2 aliphatic rings. The zero-order valence-electron chi connectivity index (χ0n) is 15.1. The predicted molar refractivity (Wildman–Crippen MR) is 94.6 cm³/mol. The molecule has 1 N–H and O–H groups in total. The molecule has 2 saturated heterocycles. The number of likely N-dealkylation sites (tertiary alicyclic amines) is 1. The van der Waals surface area contributed by atoms with Crippen molar-refractivity contribution < 1.29 is 4.79 Å². The maximum Gasteiger partial charge on any atom is 0.263 e. The van der Waals surface area contributed by atoms with Gasteiger partial charge in [0, 0.05) is 44.0 Å². The van der Waals surface area contributed by atoms with E-state index >= 15 is 0 Å².